The maximum absolute atomic E-state index is 5.24. The fourth-order valence-electron chi connectivity index (χ4n) is 2.91. The van der Waals surface area contributed by atoms with Crippen LogP contribution in [0.1, 0.15) is 37.2 Å². The van der Waals surface area contributed by atoms with Crippen molar-refractivity contribution in [2.75, 3.05) is 13.1 Å². The Kier molecular flexibility index (Phi) is 5.24. The van der Waals surface area contributed by atoms with Crippen LogP contribution < -0.4 is 0 Å². The molecule has 0 unspecified atom stereocenters. The van der Waals surface area contributed by atoms with Gasteiger partial charge < -0.3 is 8.83 Å². The maximum atomic E-state index is 5.24. The van der Waals surface area contributed by atoms with Crippen molar-refractivity contribution in [3.8, 4) is 0 Å². The van der Waals surface area contributed by atoms with E-state index in [1.165, 1.54) is 25.7 Å². The van der Waals surface area contributed by atoms with Crippen molar-refractivity contribution in [2.24, 2.45) is 21.8 Å². The fraction of sp³-hybridized carbons (Fsp3) is 0.444. The molecule has 1 saturated carbocycles. The molecular formula is C18H22N2O2. The predicted octanol–water partition coefficient (Wildman–Crippen LogP) is 4.22. The van der Waals surface area contributed by atoms with Gasteiger partial charge in [0.1, 0.15) is 11.5 Å². The van der Waals surface area contributed by atoms with Gasteiger partial charge in [-0.1, -0.05) is 0 Å². The molecule has 0 spiro atoms. The minimum absolute atomic E-state index is 0.705. The first-order valence-corrected chi connectivity index (χ1v) is 7.97. The molecule has 0 N–H and O–H groups in total. The number of aliphatic imine (C=N–C) groups is 2. The van der Waals surface area contributed by atoms with E-state index in [9.17, 15) is 0 Å². The number of hydrogen-bond acceptors (Lipinski definition) is 4. The summed E-state index contributed by atoms with van der Waals surface area (Å²) in [5, 5.41) is 0. The average molecular weight is 298 g/mol. The van der Waals surface area contributed by atoms with Crippen LogP contribution in [0.25, 0.3) is 0 Å². The molecule has 1 aliphatic carbocycles. The molecule has 22 heavy (non-hydrogen) atoms. The second-order valence-electron chi connectivity index (χ2n) is 5.91. The highest BCUT2D eigenvalue weighted by Crippen LogP contribution is 2.29. The SMILES string of the molecule is C(=NCC1CCC(CN=Cc2ccco2)CC1)c1ccco1. The number of rotatable bonds is 6. The summed E-state index contributed by atoms with van der Waals surface area (Å²) in [6.07, 6.45) is 12.0. The van der Waals surface area contributed by atoms with Crippen LogP contribution in [0.5, 0.6) is 0 Å². The molecule has 2 aromatic rings. The van der Waals surface area contributed by atoms with Crippen LogP contribution in [0.4, 0.5) is 0 Å². The van der Waals surface area contributed by atoms with Gasteiger partial charge in [0.25, 0.3) is 0 Å². The Balaban J connectivity index is 1.35. The molecule has 2 heterocycles. The quantitative estimate of drug-likeness (QED) is 0.750. The van der Waals surface area contributed by atoms with Crippen molar-refractivity contribution in [1.82, 2.24) is 0 Å². The molecule has 1 fully saturated rings. The molecule has 0 aromatic carbocycles. The summed E-state index contributed by atoms with van der Waals surface area (Å²) in [6.45, 7) is 1.81. The van der Waals surface area contributed by atoms with Gasteiger partial charge in [0.15, 0.2) is 0 Å². The first kappa shape index (κ1) is 14.8. The predicted molar refractivity (Wildman–Crippen MR) is 87.8 cm³/mol. The van der Waals surface area contributed by atoms with Crippen molar-refractivity contribution in [1.29, 1.82) is 0 Å². The lowest BCUT2D eigenvalue weighted by atomic mass is 9.82. The Hall–Kier alpha value is -2.10. The molecule has 4 heteroatoms. The lowest BCUT2D eigenvalue weighted by molar-refractivity contribution is 0.286. The minimum Gasteiger partial charge on any atom is -0.463 e. The molecule has 0 atom stereocenters. The summed E-state index contributed by atoms with van der Waals surface area (Å²) in [4.78, 5) is 9.00. The van der Waals surface area contributed by atoms with E-state index < -0.39 is 0 Å². The van der Waals surface area contributed by atoms with E-state index in [0.29, 0.717) is 11.8 Å². The second kappa shape index (κ2) is 7.78. The van der Waals surface area contributed by atoms with E-state index >= 15 is 0 Å². The molecule has 1 aliphatic rings. The van der Waals surface area contributed by atoms with Crippen LogP contribution in [-0.2, 0) is 0 Å². The largest absolute Gasteiger partial charge is 0.463 e. The van der Waals surface area contributed by atoms with Crippen LogP contribution >= 0.6 is 0 Å². The summed E-state index contributed by atoms with van der Waals surface area (Å²) in [6, 6.07) is 7.63. The molecular weight excluding hydrogens is 276 g/mol. The van der Waals surface area contributed by atoms with Crippen molar-refractivity contribution in [2.45, 2.75) is 25.7 Å². The molecule has 0 aliphatic heterocycles. The van der Waals surface area contributed by atoms with E-state index in [2.05, 4.69) is 9.98 Å². The number of nitrogens with zero attached hydrogens (tertiary/aromatic N) is 2. The Labute approximate surface area is 131 Å². The highest BCUT2D eigenvalue weighted by Gasteiger charge is 2.20. The molecule has 0 radical (unpaired) electrons. The van der Waals surface area contributed by atoms with E-state index in [1.807, 2.05) is 36.7 Å². The standard InChI is InChI=1S/C18H22N2O2/c1-3-17(21-9-1)13-19-11-15-5-7-16(8-6-15)12-20-14-18-4-2-10-22-18/h1-4,9-10,13-16H,5-8,11-12H2. The molecule has 0 amide bonds. The zero-order valence-electron chi connectivity index (χ0n) is 12.7. The Morgan fingerprint density at radius 3 is 1.64 bits per heavy atom. The van der Waals surface area contributed by atoms with E-state index in [4.69, 9.17) is 8.83 Å². The van der Waals surface area contributed by atoms with E-state index in [-0.39, 0.29) is 0 Å². The van der Waals surface area contributed by atoms with Gasteiger partial charge in [0.05, 0.1) is 25.0 Å². The summed E-state index contributed by atoms with van der Waals surface area (Å²) in [5.74, 6) is 3.08. The van der Waals surface area contributed by atoms with Crippen molar-refractivity contribution >= 4 is 12.4 Å². The minimum atomic E-state index is 0.705. The van der Waals surface area contributed by atoms with Gasteiger partial charge in [0, 0.05) is 13.1 Å². The first-order chi connectivity index (χ1) is 10.9. The summed E-state index contributed by atoms with van der Waals surface area (Å²) >= 11 is 0. The van der Waals surface area contributed by atoms with Crippen molar-refractivity contribution < 1.29 is 8.83 Å². The summed E-state index contributed by atoms with van der Waals surface area (Å²) in [7, 11) is 0. The van der Waals surface area contributed by atoms with E-state index in [1.54, 1.807) is 12.5 Å². The van der Waals surface area contributed by atoms with Crippen LogP contribution in [0, 0.1) is 11.8 Å². The Morgan fingerprint density at radius 2 is 1.27 bits per heavy atom. The van der Waals surface area contributed by atoms with Gasteiger partial charge in [-0.25, -0.2) is 0 Å². The lowest BCUT2D eigenvalue weighted by Crippen LogP contribution is -2.18. The number of hydrogen-bond donors (Lipinski definition) is 0. The third kappa shape index (κ3) is 4.45. The summed E-state index contributed by atoms with van der Waals surface area (Å²) < 4.78 is 10.5. The third-order valence-electron chi connectivity index (χ3n) is 4.22. The summed E-state index contributed by atoms with van der Waals surface area (Å²) in [5.41, 5.74) is 0. The smallest absolute Gasteiger partial charge is 0.144 e. The van der Waals surface area contributed by atoms with Gasteiger partial charge in [-0.2, -0.15) is 0 Å². The van der Waals surface area contributed by atoms with Crippen molar-refractivity contribution in [3.05, 3.63) is 48.3 Å². The number of furan rings is 2. The highest BCUT2D eigenvalue weighted by atomic mass is 16.3. The zero-order valence-corrected chi connectivity index (χ0v) is 12.7. The molecule has 0 bridgehead atoms. The Morgan fingerprint density at radius 1 is 0.818 bits per heavy atom. The molecule has 116 valence electrons. The molecule has 0 saturated heterocycles. The van der Waals surface area contributed by atoms with Gasteiger partial charge in [-0.3, -0.25) is 9.98 Å². The van der Waals surface area contributed by atoms with Gasteiger partial charge in [0.2, 0.25) is 0 Å². The zero-order chi connectivity index (χ0) is 15.0. The van der Waals surface area contributed by atoms with E-state index in [0.717, 1.165) is 24.6 Å². The normalized spacial score (nSPS) is 22.7. The highest BCUT2D eigenvalue weighted by molar-refractivity contribution is 5.75. The molecule has 2 aromatic heterocycles. The van der Waals surface area contributed by atoms with Gasteiger partial charge in [-0.05, 0) is 61.8 Å². The van der Waals surface area contributed by atoms with Gasteiger partial charge in [-0.15, -0.1) is 0 Å². The maximum Gasteiger partial charge on any atom is 0.144 e. The second-order valence-corrected chi connectivity index (χ2v) is 5.91. The van der Waals surface area contributed by atoms with Crippen LogP contribution in [0.3, 0.4) is 0 Å². The molecule has 4 nitrogen and oxygen atoms in total. The lowest BCUT2D eigenvalue weighted by Gasteiger charge is -2.26. The van der Waals surface area contributed by atoms with Gasteiger partial charge >= 0.3 is 0 Å². The monoisotopic (exact) mass is 298 g/mol. The Bertz CT molecular complexity index is 522. The van der Waals surface area contributed by atoms with Crippen molar-refractivity contribution in [3.63, 3.8) is 0 Å². The topological polar surface area (TPSA) is 51.0 Å². The third-order valence-corrected chi connectivity index (χ3v) is 4.22. The van der Waals surface area contributed by atoms with Crippen LogP contribution in [0.2, 0.25) is 0 Å². The van der Waals surface area contributed by atoms with Crippen LogP contribution in [-0.4, -0.2) is 25.5 Å². The first-order valence-electron chi connectivity index (χ1n) is 7.97. The fourth-order valence-corrected chi connectivity index (χ4v) is 2.91. The van der Waals surface area contributed by atoms with Crippen LogP contribution in [0.15, 0.2) is 55.6 Å². The molecule has 3 rings (SSSR count). The average Bonchev–Trinajstić information content (AvgIpc) is 3.22.